The van der Waals surface area contributed by atoms with Crippen LogP contribution in [0.5, 0.6) is 0 Å². The predicted octanol–water partition coefficient (Wildman–Crippen LogP) is 2.40. The van der Waals surface area contributed by atoms with E-state index in [4.69, 9.17) is 16.4 Å². The van der Waals surface area contributed by atoms with Crippen LogP contribution in [0.3, 0.4) is 0 Å². The number of nitrogens with zero attached hydrogens (tertiary/aromatic N) is 1. The number of halogens is 1. The number of rotatable bonds is 4. The van der Waals surface area contributed by atoms with E-state index in [2.05, 4.69) is 0 Å². The minimum atomic E-state index is -4.07. The minimum Gasteiger partial charge on any atom is -0.328 e. The first-order valence-electron chi connectivity index (χ1n) is 7.98. The van der Waals surface area contributed by atoms with Gasteiger partial charge >= 0.3 is 5.97 Å². The summed E-state index contributed by atoms with van der Waals surface area (Å²) in [6.45, 7) is 0. The van der Waals surface area contributed by atoms with Crippen molar-refractivity contribution < 1.29 is 27.6 Å². The Kier molecular flexibility index (Phi) is 3.87. The van der Waals surface area contributed by atoms with Gasteiger partial charge in [-0.25, -0.2) is 13.2 Å². The van der Waals surface area contributed by atoms with Crippen molar-refractivity contribution in [3.63, 3.8) is 0 Å². The minimum absolute atomic E-state index is 0.0416. The lowest BCUT2D eigenvalue weighted by atomic mass is 10.1. The first kappa shape index (κ1) is 17.7. The average Bonchev–Trinajstić information content (AvgIpc) is 3.44. The number of fused-ring (bicyclic) bond motifs is 1. The number of amides is 2. The van der Waals surface area contributed by atoms with Crippen LogP contribution < -0.4 is 0 Å². The van der Waals surface area contributed by atoms with Crippen molar-refractivity contribution >= 4 is 39.2 Å². The number of carbonyl (C=O) groups is 3. The van der Waals surface area contributed by atoms with E-state index in [1.54, 1.807) is 12.1 Å². The molecule has 1 aliphatic carbocycles. The monoisotopic (exact) mass is 405 g/mol. The molecular weight excluding hydrogens is 394 g/mol. The molecule has 2 aliphatic rings. The van der Waals surface area contributed by atoms with Crippen LogP contribution in [0.2, 0.25) is 5.02 Å². The fourth-order valence-corrected chi connectivity index (χ4v) is 4.92. The quantitative estimate of drug-likeness (QED) is 0.724. The largest absolute Gasteiger partial charge is 0.354 e. The van der Waals surface area contributed by atoms with E-state index in [1.807, 2.05) is 0 Å². The van der Waals surface area contributed by atoms with Gasteiger partial charge in [0, 0.05) is 5.02 Å². The van der Waals surface area contributed by atoms with Crippen LogP contribution in [-0.2, 0) is 19.5 Å². The van der Waals surface area contributed by atoms with E-state index in [0.717, 1.165) is 0 Å². The van der Waals surface area contributed by atoms with Crippen LogP contribution in [0.1, 0.15) is 33.6 Å². The van der Waals surface area contributed by atoms with Gasteiger partial charge in [0.25, 0.3) is 11.8 Å². The Labute approximate surface area is 159 Å². The third kappa shape index (κ3) is 2.55. The molecule has 2 aromatic carbocycles. The standard InChI is InChI=1S/C18H12ClNO6S/c19-11-5-7-12(8-6-11)27(24,25)18(9-10-18)17(23)26-20-15(21)13-3-1-2-4-14(13)16(20)22/h1-8H,9-10H2. The molecule has 0 radical (unpaired) electrons. The van der Waals surface area contributed by atoms with E-state index in [0.29, 0.717) is 10.1 Å². The molecule has 7 nitrogen and oxygen atoms in total. The summed E-state index contributed by atoms with van der Waals surface area (Å²) in [6.07, 6.45) is 0.0833. The van der Waals surface area contributed by atoms with Crippen molar-refractivity contribution in [1.82, 2.24) is 5.06 Å². The van der Waals surface area contributed by atoms with Crippen molar-refractivity contribution in [2.45, 2.75) is 22.5 Å². The molecule has 0 aromatic heterocycles. The maximum atomic E-state index is 12.9. The lowest BCUT2D eigenvalue weighted by Crippen LogP contribution is -2.41. The molecule has 4 rings (SSSR count). The van der Waals surface area contributed by atoms with Crippen molar-refractivity contribution in [1.29, 1.82) is 0 Å². The Hall–Kier alpha value is -2.71. The molecule has 138 valence electrons. The van der Waals surface area contributed by atoms with Gasteiger partial charge in [-0.1, -0.05) is 28.8 Å². The van der Waals surface area contributed by atoms with Gasteiger partial charge in [0.1, 0.15) is 0 Å². The Morgan fingerprint density at radius 1 is 0.963 bits per heavy atom. The summed E-state index contributed by atoms with van der Waals surface area (Å²) in [5.41, 5.74) is 0.196. The normalized spacial score (nSPS) is 17.6. The van der Waals surface area contributed by atoms with Gasteiger partial charge in [0.15, 0.2) is 14.6 Å². The second-order valence-electron chi connectivity index (χ2n) is 6.28. The highest BCUT2D eigenvalue weighted by atomic mass is 35.5. The summed E-state index contributed by atoms with van der Waals surface area (Å²) in [5.74, 6) is -2.75. The van der Waals surface area contributed by atoms with Crippen LogP contribution in [0.25, 0.3) is 0 Å². The summed E-state index contributed by atoms with van der Waals surface area (Å²) in [5, 5.41) is 0.678. The molecule has 1 saturated carbocycles. The Morgan fingerprint density at radius 3 is 1.96 bits per heavy atom. The molecule has 0 spiro atoms. The first-order valence-corrected chi connectivity index (χ1v) is 9.84. The molecule has 2 aromatic rings. The zero-order valence-corrected chi connectivity index (χ0v) is 15.3. The average molecular weight is 406 g/mol. The molecule has 0 bridgehead atoms. The van der Waals surface area contributed by atoms with E-state index in [1.165, 1.54) is 36.4 Å². The number of imide groups is 1. The Morgan fingerprint density at radius 2 is 1.48 bits per heavy atom. The number of carbonyl (C=O) groups excluding carboxylic acids is 3. The lowest BCUT2D eigenvalue weighted by molar-refractivity contribution is -0.168. The smallest absolute Gasteiger partial charge is 0.328 e. The SMILES string of the molecule is O=C1c2ccccc2C(=O)N1OC(=O)C1(S(=O)(=O)c2ccc(Cl)cc2)CC1. The van der Waals surface area contributed by atoms with Gasteiger partial charge in [0.05, 0.1) is 16.0 Å². The topological polar surface area (TPSA) is 97.8 Å². The molecule has 27 heavy (non-hydrogen) atoms. The second kappa shape index (κ2) is 5.90. The fourth-order valence-electron chi connectivity index (χ4n) is 2.95. The third-order valence-electron chi connectivity index (χ3n) is 4.65. The predicted molar refractivity (Wildman–Crippen MR) is 93.6 cm³/mol. The van der Waals surface area contributed by atoms with E-state index >= 15 is 0 Å². The third-order valence-corrected chi connectivity index (χ3v) is 7.39. The Balaban J connectivity index is 1.61. The number of sulfone groups is 1. The van der Waals surface area contributed by atoms with Gasteiger partial charge in [-0.05, 0) is 49.2 Å². The molecule has 2 amide bonds. The van der Waals surface area contributed by atoms with Crippen LogP contribution in [0, 0.1) is 0 Å². The Bertz CT molecular complexity index is 1050. The van der Waals surface area contributed by atoms with Gasteiger partial charge in [-0.15, -0.1) is 0 Å². The summed E-state index contributed by atoms with van der Waals surface area (Å²) in [7, 11) is -4.07. The van der Waals surface area contributed by atoms with Crippen LogP contribution in [0.4, 0.5) is 0 Å². The molecule has 0 N–H and O–H groups in total. The first-order chi connectivity index (χ1) is 12.8. The number of hydroxylamine groups is 2. The highest BCUT2D eigenvalue weighted by Gasteiger charge is 2.64. The van der Waals surface area contributed by atoms with Gasteiger partial charge in [0.2, 0.25) is 0 Å². The maximum Gasteiger partial charge on any atom is 0.354 e. The highest BCUT2D eigenvalue weighted by molar-refractivity contribution is 7.94. The number of hydrogen-bond donors (Lipinski definition) is 0. The van der Waals surface area contributed by atoms with E-state index < -0.39 is 32.4 Å². The van der Waals surface area contributed by atoms with E-state index in [-0.39, 0.29) is 28.9 Å². The van der Waals surface area contributed by atoms with Gasteiger partial charge in [-0.3, -0.25) is 9.59 Å². The zero-order valence-electron chi connectivity index (χ0n) is 13.7. The fraction of sp³-hybridized carbons (Fsp3) is 0.167. The summed E-state index contributed by atoms with van der Waals surface area (Å²) in [6, 6.07) is 11.4. The molecule has 0 saturated heterocycles. The molecular formula is C18H12ClNO6S. The highest BCUT2D eigenvalue weighted by Crippen LogP contribution is 2.48. The lowest BCUT2D eigenvalue weighted by Gasteiger charge is -2.18. The molecule has 9 heteroatoms. The molecule has 1 aliphatic heterocycles. The summed E-state index contributed by atoms with van der Waals surface area (Å²) < 4.78 is 24.0. The summed E-state index contributed by atoms with van der Waals surface area (Å²) >= 11 is 5.78. The summed E-state index contributed by atoms with van der Waals surface area (Å²) in [4.78, 5) is 42.1. The maximum absolute atomic E-state index is 12.9. The van der Waals surface area contributed by atoms with Crippen molar-refractivity contribution in [2.24, 2.45) is 0 Å². The van der Waals surface area contributed by atoms with Crippen LogP contribution >= 0.6 is 11.6 Å². The van der Waals surface area contributed by atoms with Crippen molar-refractivity contribution in [2.75, 3.05) is 0 Å². The molecule has 0 atom stereocenters. The van der Waals surface area contributed by atoms with E-state index in [9.17, 15) is 22.8 Å². The molecule has 0 unspecified atom stereocenters. The molecule has 1 fully saturated rings. The number of benzene rings is 2. The number of hydrogen-bond acceptors (Lipinski definition) is 6. The second-order valence-corrected chi connectivity index (χ2v) is 8.98. The van der Waals surface area contributed by atoms with Crippen molar-refractivity contribution in [3.05, 3.63) is 64.7 Å². The van der Waals surface area contributed by atoms with Crippen molar-refractivity contribution in [3.8, 4) is 0 Å². The van der Waals surface area contributed by atoms with Gasteiger partial charge < -0.3 is 4.84 Å². The van der Waals surface area contributed by atoms with Crippen LogP contribution in [0.15, 0.2) is 53.4 Å². The van der Waals surface area contributed by atoms with Gasteiger partial charge in [-0.2, -0.15) is 0 Å². The van der Waals surface area contributed by atoms with Crippen LogP contribution in [-0.4, -0.2) is 36.0 Å². The zero-order chi connectivity index (χ0) is 19.4. The molecule has 1 heterocycles.